The van der Waals surface area contributed by atoms with Crippen molar-refractivity contribution in [3.63, 3.8) is 0 Å². The third-order valence-corrected chi connectivity index (χ3v) is 13.1. The molecule has 2 aliphatic rings. The van der Waals surface area contributed by atoms with Crippen LogP contribution in [-0.2, 0) is 27.1 Å². The first-order chi connectivity index (χ1) is 26.2. The van der Waals surface area contributed by atoms with Gasteiger partial charge >= 0.3 is 0 Å². The first-order valence-corrected chi connectivity index (χ1v) is 20.5. The molecule has 0 atom stereocenters. The topological polar surface area (TPSA) is 16.4 Å². The van der Waals surface area contributed by atoms with Crippen molar-refractivity contribution in [2.75, 3.05) is 4.90 Å². The van der Waals surface area contributed by atoms with Crippen LogP contribution in [0.5, 0.6) is 0 Å². The highest BCUT2D eigenvalue weighted by Gasteiger charge is 2.39. The van der Waals surface area contributed by atoms with Gasteiger partial charge in [-0.05, 0) is 120 Å². The molecule has 0 saturated heterocycles. The van der Waals surface area contributed by atoms with E-state index < -0.39 is 0 Å². The number of hydrogen-bond acceptors (Lipinski definition) is 2. The summed E-state index contributed by atoms with van der Waals surface area (Å²) in [7, 11) is 0. The lowest BCUT2D eigenvalue weighted by Gasteiger charge is -2.31. The van der Waals surface area contributed by atoms with E-state index in [1.807, 2.05) is 0 Å². The van der Waals surface area contributed by atoms with Crippen LogP contribution in [0.2, 0.25) is 0 Å². The fourth-order valence-corrected chi connectivity index (χ4v) is 9.63. The van der Waals surface area contributed by atoms with Gasteiger partial charge in [-0.2, -0.15) is 0 Å². The highest BCUT2D eigenvalue weighted by molar-refractivity contribution is 6.08. The molecule has 0 bridgehead atoms. The fraction of sp³-hybridized carbons (Fsp3) is 0.333. The molecule has 2 nitrogen and oxygen atoms in total. The molecule has 0 aliphatic heterocycles. The maximum atomic E-state index is 6.79. The molecule has 0 saturated carbocycles. The molecule has 56 heavy (non-hydrogen) atoms. The van der Waals surface area contributed by atoms with E-state index in [1.54, 1.807) is 0 Å². The monoisotopic (exact) mass is 735 g/mol. The maximum Gasteiger partial charge on any atom is 0.139 e. The molecule has 0 fully saturated rings. The fourth-order valence-electron chi connectivity index (χ4n) is 9.63. The van der Waals surface area contributed by atoms with Gasteiger partial charge in [-0.25, -0.2) is 0 Å². The molecule has 0 N–H and O–H groups in total. The number of nitrogens with zero attached hydrogens (tertiary/aromatic N) is 1. The van der Waals surface area contributed by atoms with Crippen LogP contribution in [0.15, 0.2) is 114 Å². The summed E-state index contributed by atoms with van der Waals surface area (Å²) in [6.45, 7) is 30.3. The normalized spacial score (nSPS) is 15.5. The minimum absolute atomic E-state index is 0.0194. The highest BCUT2D eigenvalue weighted by Crippen LogP contribution is 2.54. The van der Waals surface area contributed by atoms with Gasteiger partial charge in [-0.1, -0.05) is 151 Å². The average Bonchev–Trinajstić information content (AvgIpc) is 3.69. The summed E-state index contributed by atoms with van der Waals surface area (Å²) in [5.74, 6) is 0. The van der Waals surface area contributed by atoms with Crippen molar-refractivity contribution in [2.45, 2.75) is 117 Å². The zero-order valence-corrected chi connectivity index (χ0v) is 35.7. The molecule has 9 rings (SSSR count). The summed E-state index contributed by atoms with van der Waals surface area (Å²) in [4.78, 5) is 2.51. The lowest BCUT2D eigenvalue weighted by molar-refractivity contribution is 0.572. The zero-order valence-electron chi connectivity index (χ0n) is 35.7. The molecule has 0 amide bonds. The first kappa shape index (κ1) is 36.6. The molecule has 0 radical (unpaired) electrons. The second-order valence-corrected chi connectivity index (χ2v) is 20.8. The van der Waals surface area contributed by atoms with Gasteiger partial charge < -0.3 is 9.32 Å². The largest absolute Gasteiger partial charge is 0.456 e. The Kier molecular flexibility index (Phi) is 7.66. The van der Waals surface area contributed by atoms with Crippen LogP contribution in [0, 0.1) is 0 Å². The quantitative estimate of drug-likeness (QED) is 0.180. The Labute approximate surface area is 334 Å². The van der Waals surface area contributed by atoms with E-state index in [2.05, 4.69) is 204 Å². The summed E-state index contributed by atoms with van der Waals surface area (Å²) in [6, 6.07) is 42.0. The predicted molar refractivity (Wildman–Crippen MR) is 240 cm³/mol. The SMILES string of the molecule is CC(C)(C)c1ccc2c(c1)C(C)(C)c1cc(N(c3ccc4c(c3)C(C)(C)c3ccccc3-4)c3cc(C(C)(C)C)c4oc5ccc(C(C)(C)C)cc5c4c3)ccc1-2. The Morgan fingerprint density at radius 3 is 1.52 bits per heavy atom. The minimum Gasteiger partial charge on any atom is -0.456 e. The molecule has 0 spiro atoms. The third-order valence-electron chi connectivity index (χ3n) is 13.1. The summed E-state index contributed by atoms with van der Waals surface area (Å²) < 4.78 is 6.79. The Hall–Kier alpha value is -5.08. The number of hydrogen-bond donors (Lipinski definition) is 0. The molecule has 284 valence electrons. The number of furan rings is 1. The van der Waals surface area contributed by atoms with Crippen molar-refractivity contribution >= 4 is 39.0 Å². The van der Waals surface area contributed by atoms with E-state index >= 15 is 0 Å². The number of rotatable bonds is 3. The number of fused-ring (bicyclic) bond motifs is 9. The molecular formula is C54H57NO. The van der Waals surface area contributed by atoms with E-state index in [0.29, 0.717) is 0 Å². The van der Waals surface area contributed by atoms with Crippen LogP contribution in [0.1, 0.15) is 129 Å². The molecule has 2 heteroatoms. The second kappa shape index (κ2) is 11.7. The van der Waals surface area contributed by atoms with Gasteiger partial charge in [0.2, 0.25) is 0 Å². The van der Waals surface area contributed by atoms with Gasteiger partial charge in [0.15, 0.2) is 0 Å². The van der Waals surface area contributed by atoms with Crippen molar-refractivity contribution in [1.29, 1.82) is 0 Å². The van der Waals surface area contributed by atoms with Gasteiger partial charge in [-0.15, -0.1) is 0 Å². The van der Waals surface area contributed by atoms with Crippen molar-refractivity contribution < 1.29 is 4.42 Å². The molecule has 7 aromatic rings. The van der Waals surface area contributed by atoms with Gasteiger partial charge in [0.1, 0.15) is 11.2 Å². The van der Waals surface area contributed by atoms with Crippen molar-refractivity contribution in [3.05, 3.63) is 148 Å². The molecule has 1 aromatic heterocycles. The molecule has 1 heterocycles. The Balaban J connectivity index is 1.31. The molecule has 6 aromatic carbocycles. The summed E-state index contributed by atoms with van der Waals surface area (Å²) >= 11 is 0. The minimum atomic E-state index is -0.158. The van der Waals surface area contributed by atoms with Gasteiger partial charge in [0.05, 0.1) is 0 Å². The predicted octanol–water partition coefficient (Wildman–Crippen LogP) is 15.6. The Morgan fingerprint density at radius 1 is 0.429 bits per heavy atom. The number of benzene rings is 6. The standard InChI is InChI=1S/C54H57NO/c1-50(2,3)32-19-25-48-41(26-32)42-28-36(31-47(49(42)56-48)52(7,8)9)55(34-20-23-39-37-16-14-15-17-43(37)53(10,11)45(39)29-34)35-21-24-40-38-22-18-33(51(4,5)6)27-44(38)54(12,13)46(40)30-35/h14-31H,1-13H3. The van der Waals surface area contributed by atoms with Crippen LogP contribution in [0.4, 0.5) is 17.1 Å². The van der Waals surface area contributed by atoms with Gasteiger partial charge in [0, 0.05) is 44.2 Å². The van der Waals surface area contributed by atoms with Crippen LogP contribution in [0.3, 0.4) is 0 Å². The lowest BCUT2D eigenvalue weighted by Crippen LogP contribution is -2.19. The first-order valence-electron chi connectivity index (χ1n) is 20.5. The zero-order chi connectivity index (χ0) is 39.9. The van der Waals surface area contributed by atoms with Crippen LogP contribution < -0.4 is 4.90 Å². The van der Waals surface area contributed by atoms with Crippen molar-refractivity contribution in [3.8, 4) is 22.3 Å². The van der Waals surface area contributed by atoms with E-state index in [9.17, 15) is 0 Å². The van der Waals surface area contributed by atoms with Gasteiger partial charge in [0.25, 0.3) is 0 Å². The molecular weight excluding hydrogens is 679 g/mol. The third kappa shape index (κ3) is 5.42. The van der Waals surface area contributed by atoms with Crippen LogP contribution in [0.25, 0.3) is 44.2 Å². The highest BCUT2D eigenvalue weighted by atomic mass is 16.3. The maximum absolute atomic E-state index is 6.79. The lowest BCUT2D eigenvalue weighted by atomic mass is 9.79. The summed E-state index contributed by atoms with van der Waals surface area (Å²) in [6.07, 6.45) is 0. The van der Waals surface area contributed by atoms with E-state index in [1.165, 1.54) is 66.6 Å². The number of anilines is 3. The van der Waals surface area contributed by atoms with Gasteiger partial charge in [-0.3, -0.25) is 0 Å². The second-order valence-electron chi connectivity index (χ2n) is 20.8. The van der Waals surface area contributed by atoms with E-state index in [-0.39, 0.29) is 27.1 Å². The molecule has 2 aliphatic carbocycles. The Bertz CT molecular complexity index is 2750. The van der Waals surface area contributed by atoms with Crippen LogP contribution in [-0.4, -0.2) is 0 Å². The average molecular weight is 736 g/mol. The van der Waals surface area contributed by atoms with Crippen LogP contribution >= 0.6 is 0 Å². The summed E-state index contributed by atoms with van der Waals surface area (Å²) in [5.41, 5.74) is 19.8. The molecule has 0 unspecified atom stereocenters. The Morgan fingerprint density at radius 2 is 0.929 bits per heavy atom. The van der Waals surface area contributed by atoms with E-state index in [0.717, 1.165) is 33.6 Å². The van der Waals surface area contributed by atoms with Crippen molar-refractivity contribution in [2.24, 2.45) is 0 Å². The van der Waals surface area contributed by atoms with E-state index in [4.69, 9.17) is 4.42 Å². The smallest absolute Gasteiger partial charge is 0.139 e. The van der Waals surface area contributed by atoms with Crippen molar-refractivity contribution in [1.82, 2.24) is 0 Å². The summed E-state index contributed by atoms with van der Waals surface area (Å²) in [5, 5.41) is 2.33.